The number of hydrogen-bond acceptors (Lipinski definition) is 25. The number of carbonyl (C=O) groups excluding carboxylic acids is 5. The summed E-state index contributed by atoms with van der Waals surface area (Å²) >= 11 is 0. The molecule has 0 aliphatic heterocycles. The zero-order chi connectivity index (χ0) is 91.3. The number of hydrogen-bond donors (Lipinski definition) is 14. The number of aromatic amines is 3. The molecule has 6 aromatic heterocycles. The molecule has 35 heteroatoms. The van der Waals surface area contributed by atoms with E-state index in [9.17, 15) is 67.7 Å². The number of allylic oxidation sites excluding steroid dienone is 6. The molecule has 6 heterocycles. The van der Waals surface area contributed by atoms with Crippen LogP contribution >= 0.6 is 0 Å². The minimum atomic E-state index is -1.31. The van der Waals surface area contributed by atoms with Crippen molar-refractivity contribution >= 4 is 110 Å². The van der Waals surface area contributed by atoms with Crippen LogP contribution in [-0.2, 0) is 48.4 Å². The number of carboxylic acids is 4. The van der Waals surface area contributed by atoms with E-state index in [0.29, 0.717) is 70.3 Å². The maximum atomic E-state index is 12.7. The minimum absolute atomic E-state index is 0. The van der Waals surface area contributed by atoms with Crippen molar-refractivity contribution < 1.29 is 63.6 Å². The first-order valence-corrected chi connectivity index (χ1v) is 41.1. The van der Waals surface area contributed by atoms with Crippen molar-refractivity contribution in [3.8, 4) is 0 Å². The van der Waals surface area contributed by atoms with Gasteiger partial charge in [0, 0.05) is 71.9 Å². The number of Topliss-reactive ketones (excluding diaryl/α,β-unsaturated/α-hetero) is 2. The van der Waals surface area contributed by atoms with Gasteiger partial charge in [-0.2, -0.15) is 4.98 Å². The number of aryl methyl sites for hydroxylation is 2. The first kappa shape index (κ1) is 102. The standard InChI is InChI=1S/2C24H28N6O5.C22H25N7O6.C19H34.CH4/c1-13(2)10-19(31)18(8-9-20(32)33)30-23(34)15-4-6-16(7-5-15)25-11-17-12-26-22-21(29-17)24(35)28-14(3)27-22;1-13(2)10-18(31)8-9-19(24(34)35)30-22(32)15-4-6-16(7-5-15)25-11-17-12-26-21-20(29-17)23(33)28-14(3)27-21;1-11(2)25-22-28-18-17(20(33)29-22)26-14(10-24-18)9-23-13-5-3-12(4-6-13)19(32)27-15(21(34)35)7-8-16(30)31;1-16(2)10-7-12-18(5)14-9-15-19(6)13-8-11-17(3)4;/h4-7,12-13,18,25H,8-11H2,1-3H3,(H,30,34)(H,32,33)(H,26,27,28,35);4-7,12-13,19,25H,8-11H2,1-3H3,(H,30,32)(H,34,35)(H,26,27,28,33);3-6,10-11,15,23H,7-9H2,1-2H3,(H,27,32)(H,30,31)(H,34,35)(H2,24,25,28,29,33);10,13-14,17H,7-9,11-12,15H2,1-6H3;1H4/b;;;18-14+,19-13+;/t18-;19-;15-;;/m000../s1. The second-order valence-electron chi connectivity index (χ2n) is 31.7. The lowest BCUT2D eigenvalue weighted by atomic mass is 9.98. The van der Waals surface area contributed by atoms with Crippen LogP contribution in [0.5, 0.6) is 0 Å². The molecule has 3 aromatic carbocycles. The number of carbonyl (C=O) groups is 9. The van der Waals surface area contributed by atoms with Crippen molar-refractivity contribution in [1.82, 2.24) is 75.8 Å². The summed E-state index contributed by atoms with van der Waals surface area (Å²) in [5.74, 6) is -4.14. The van der Waals surface area contributed by atoms with Gasteiger partial charge in [0.15, 0.2) is 39.3 Å². The number of fused-ring (bicyclic) bond motifs is 3. The van der Waals surface area contributed by atoms with Crippen LogP contribution in [0.25, 0.3) is 33.5 Å². The topological polar surface area (TPSA) is 533 Å². The number of nitrogens with zero attached hydrogens (tertiary/aromatic N) is 9. The molecule has 0 fully saturated rings. The lowest BCUT2D eigenvalue weighted by molar-refractivity contribution is -0.141. The zero-order valence-corrected chi connectivity index (χ0v) is 72.7. The number of H-pyrrole nitrogens is 3. The fraction of sp³-hybridized carbons (Fsp3) is 0.433. The van der Waals surface area contributed by atoms with E-state index >= 15 is 0 Å². The summed E-state index contributed by atoms with van der Waals surface area (Å²) in [6.07, 6.45) is 19.1. The maximum absolute atomic E-state index is 12.7. The maximum Gasteiger partial charge on any atom is 0.326 e. The SMILES string of the molecule is C.CC(C)=CCC/C(C)=C/CC/C(C)=C/CCC(C)C.CC(C)Nc1nc2ncc(CNc3ccc(C(=O)N[C@@H](CCC(=O)O)C(=O)O)cc3)nc2c(=O)[nH]1.Cc1nc2ncc(CNc3ccc(C(=O)N[C@@H](CCC(=O)CC(C)C)C(=O)O)cc3)nc2c(=O)[nH]1.Cc1nc2ncc(CNc3ccc(C(=O)N[C@@H](CCC(=O)O)C(=O)CC(C)C)cc3)nc2c(=O)[nH]1. The Kier molecular flexibility index (Phi) is 41.9. The largest absolute Gasteiger partial charge is 0.481 e. The molecule has 9 rings (SSSR count). The van der Waals surface area contributed by atoms with Crippen molar-refractivity contribution in [3.63, 3.8) is 0 Å². The van der Waals surface area contributed by atoms with E-state index in [2.05, 4.69) is 157 Å². The smallest absolute Gasteiger partial charge is 0.326 e. The summed E-state index contributed by atoms with van der Waals surface area (Å²) in [5.41, 5.74) is 9.04. The van der Waals surface area contributed by atoms with Gasteiger partial charge in [-0.15, -0.1) is 0 Å². The first-order chi connectivity index (χ1) is 58.8. The number of aliphatic carboxylic acids is 4. The lowest BCUT2D eigenvalue weighted by Crippen LogP contribution is -2.41. The van der Waals surface area contributed by atoms with Gasteiger partial charge in [-0.25, -0.2) is 49.5 Å². The number of nitrogens with one attached hydrogen (secondary N) is 10. The predicted octanol–water partition coefficient (Wildman–Crippen LogP) is 13.1. The highest BCUT2D eigenvalue weighted by molar-refractivity contribution is 5.99. The molecular weight excluding hydrogens is 1600 g/mol. The highest BCUT2D eigenvalue weighted by atomic mass is 16.4. The van der Waals surface area contributed by atoms with Crippen LogP contribution in [0.3, 0.4) is 0 Å². The third-order valence-electron chi connectivity index (χ3n) is 18.4. The average Bonchev–Trinajstić information content (AvgIpc) is 0.816. The minimum Gasteiger partial charge on any atom is -0.481 e. The number of ketones is 2. The van der Waals surface area contributed by atoms with E-state index < -0.39 is 65.3 Å². The molecule has 0 bridgehead atoms. The van der Waals surface area contributed by atoms with E-state index in [1.165, 1.54) is 80.4 Å². The van der Waals surface area contributed by atoms with Gasteiger partial charge in [-0.1, -0.05) is 83.9 Å². The fourth-order valence-corrected chi connectivity index (χ4v) is 12.0. The molecule has 0 saturated carbocycles. The summed E-state index contributed by atoms with van der Waals surface area (Å²) in [4.78, 5) is 189. The average molecular weight is 1720 g/mol. The van der Waals surface area contributed by atoms with E-state index in [1.807, 2.05) is 41.5 Å². The molecule has 0 spiro atoms. The van der Waals surface area contributed by atoms with Crippen LogP contribution in [0.2, 0.25) is 0 Å². The van der Waals surface area contributed by atoms with Gasteiger partial charge in [-0.05, 0) is 204 Å². The molecule has 0 unspecified atom stereocenters. The summed E-state index contributed by atoms with van der Waals surface area (Å²) in [6.45, 7) is 29.1. The van der Waals surface area contributed by atoms with E-state index in [4.69, 9.17) is 10.2 Å². The van der Waals surface area contributed by atoms with Gasteiger partial charge in [-0.3, -0.25) is 52.9 Å². The normalized spacial score (nSPS) is 11.9. The molecule has 14 N–H and O–H groups in total. The van der Waals surface area contributed by atoms with Crippen LogP contribution in [0.4, 0.5) is 23.0 Å². The molecule has 0 aliphatic carbocycles. The molecule has 3 amide bonds. The number of amides is 3. The molecule has 3 atom stereocenters. The van der Waals surface area contributed by atoms with E-state index in [0.717, 1.165) is 5.92 Å². The van der Waals surface area contributed by atoms with Gasteiger partial charge in [0.05, 0.1) is 61.3 Å². The van der Waals surface area contributed by atoms with E-state index in [1.54, 1.807) is 80.1 Å². The van der Waals surface area contributed by atoms with E-state index in [-0.39, 0.29) is 151 Å². The van der Waals surface area contributed by atoms with Crippen molar-refractivity contribution in [1.29, 1.82) is 0 Å². The van der Waals surface area contributed by atoms with Gasteiger partial charge in [0.25, 0.3) is 34.4 Å². The van der Waals surface area contributed by atoms with Crippen molar-refractivity contribution in [2.75, 3.05) is 21.3 Å². The van der Waals surface area contributed by atoms with Crippen LogP contribution in [0.15, 0.2) is 141 Å². The predicted molar refractivity (Wildman–Crippen MR) is 481 cm³/mol. The monoisotopic (exact) mass is 1720 g/mol. The Hall–Kier alpha value is -13.6. The van der Waals surface area contributed by atoms with Crippen LogP contribution in [0, 0.1) is 31.6 Å². The molecule has 0 aliphatic rings. The first-order valence-electron chi connectivity index (χ1n) is 41.1. The Labute approximate surface area is 725 Å². The van der Waals surface area contributed by atoms with Crippen molar-refractivity contribution in [2.24, 2.45) is 17.8 Å². The molecule has 0 saturated heterocycles. The second-order valence-corrected chi connectivity index (χ2v) is 31.7. The van der Waals surface area contributed by atoms with Crippen LogP contribution in [0.1, 0.15) is 240 Å². The number of rotatable bonds is 42. The van der Waals surface area contributed by atoms with Crippen molar-refractivity contribution in [3.05, 3.63) is 203 Å². The lowest BCUT2D eigenvalue weighted by Gasteiger charge is -2.18. The highest BCUT2D eigenvalue weighted by Crippen LogP contribution is 2.20. The van der Waals surface area contributed by atoms with Gasteiger partial charge >= 0.3 is 23.9 Å². The Morgan fingerprint density at radius 2 is 0.760 bits per heavy atom. The number of aromatic nitrogens is 12. The number of carboxylic acid groups (broad SMARTS) is 4. The quantitative estimate of drug-likeness (QED) is 0.0158. The van der Waals surface area contributed by atoms with Gasteiger partial charge in [0.2, 0.25) is 5.95 Å². The van der Waals surface area contributed by atoms with Gasteiger partial charge in [0.1, 0.15) is 29.5 Å². The molecular formula is C90H119N19O16. The summed E-state index contributed by atoms with van der Waals surface area (Å²) in [7, 11) is 0. The number of anilines is 4. The third-order valence-corrected chi connectivity index (χ3v) is 18.4. The molecule has 125 heavy (non-hydrogen) atoms. The Morgan fingerprint density at radius 3 is 1.12 bits per heavy atom. The molecule has 670 valence electrons. The molecule has 0 radical (unpaired) electrons. The zero-order valence-electron chi connectivity index (χ0n) is 72.7. The third kappa shape index (κ3) is 36.9. The molecule has 9 aromatic rings. The Bertz CT molecular complexity index is 5450. The second kappa shape index (κ2) is 51.3. The molecule has 35 nitrogen and oxygen atoms in total. The highest BCUT2D eigenvalue weighted by Gasteiger charge is 2.26. The number of benzene rings is 3. The van der Waals surface area contributed by atoms with Crippen molar-refractivity contribution in [2.45, 2.75) is 238 Å². The Morgan fingerprint density at radius 1 is 0.408 bits per heavy atom. The summed E-state index contributed by atoms with van der Waals surface area (Å²) in [6, 6.07) is 16.1. The van der Waals surface area contributed by atoms with Crippen LogP contribution in [-0.4, -0.2) is 158 Å². The fourth-order valence-electron chi connectivity index (χ4n) is 12.0. The van der Waals surface area contributed by atoms with Crippen LogP contribution < -0.4 is 53.9 Å². The van der Waals surface area contributed by atoms with Gasteiger partial charge < -0.3 is 67.6 Å². The summed E-state index contributed by atoms with van der Waals surface area (Å²) in [5, 5.41) is 56.1. The Balaban J connectivity index is 0.000000302. The summed E-state index contributed by atoms with van der Waals surface area (Å²) < 4.78 is 0.